The van der Waals surface area contributed by atoms with Crippen molar-refractivity contribution in [2.24, 2.45) is 5.92 Å². The van der Waals surface area contributed by atoms with Crippen molar-refractivity contribution in [3.05, 3.63) is 12.4 Å². The standard InChI is InChI=1S/C12H19N5/c13-11-6-16-12(7-14-11)15-5-9-3-4-17(8-9)10-1-2-10/h6-7,9-10H,1-5,8H2,(H2,13,14)(H,15,16). The van der Waals surface area contributed by atoms with Crippen molar-refractivity contribution in [3.8, 4) is 0 Å². The van der Waals surface area contributed by atoms with E-state index in [4.69, 9.17) is 5.73 Å². The molecule has 3 N–H and O–H groups in total. The molecule has 92 valence electrons. The van der Waals surface area contributed by atoms with Crippen LogP contribution >= 0.6 is 0 Å². The maximum Gasteiger partial charge on any atom is 0.144 e. The summed E-state index contributed by atoms with van der Waals surface area (Å²) < 4.78 is 0. The first-order valence-corrected chi connectivity index (χ1v) is 6.37. The van der Waals surface area contributed by atoms with Crippen molar-refractivity contribution >= 4 is 11.6 Å². The number of nitrogens with two attached hydrogens (primary N) is 1. The van der Waals surface area contributed by atoms with Crippen LogP contribution < -0.4 is 11.1 Å². The SMILES string of the molecule is Nc1cnc(NCC2CCN(C3CC3)C2)cn1. The van der Waals surface area contributed by atoms with Crippen molar-refractivity contribution in [2.45, 2.75) is 25.3 Å². The lowest BCUT2D eigenvalue weighted by molar-refractivity contribution is 0.316. The molecule has 1 atom stereocenters. The van der Waals surface area contributed by atoms with Gasteiger partial charge in [-0.25, -0.2) is 9.97 Å². The van der Waals surface area contributed by atoms with Gasteiger partial charge in [0, 0.05) is 19.1 Å². The molecule has 1 aliphatic carbocycles. The number of nitrogens with one attached hydrogen (secondary N) is 1. The molecule has 1 aromatic rings. The van der Waals surface area contributed by atoms with E-state index < -0.39 is 0 Å². The summed E-state index contributed by atoms with van der Waals surface area (Å²) in [5.41, 5.74) is 5.50. The summed E-state index contributed by atoms with van der Waals surface area (Å²) in [5.74, 6) is 2.04. The Morgan fingerprint density at radius 2 is 2.18 bits per heavy atom. The van der Waals surface area contributed by atoms with Crippen LogP contribution in [0, 0.1) is 5.92 Å². The molecule has 1 aromatic heterocycles. The number of hydrogen-bond donors (Lipinski definition) is 2. The van der Waals surface area contributed by atoms with Crippen LogP contribution in [0.3, 0.4) is 0 Å². The fourth-order valence-electron chi connectivity index (χ4n) is 2.48. The first-order chi connectivity index (χ1) is 8.31. The molecule has 17 heavy (non-hydrogen) atoms. The molecular weight excluding hydrogens is 214 g/mol. The molecule has 2 fully saturated rings. The Kier molecular flexibility index (Phi) is 2.84. The molecule has 1 aliphatic heterocycles. The van der Waals surface area contributed by atoms with E-state index in [1.54, 1.807) is 12.4 Å². The minimum Gasteiger partial charge on any atom is -0.382 e. The molecule has 5 nitrogen and oxygen atoms in total. The van der Waals surface area contributed by atoms with Gasteiger partial charge in [0.25, 0.3) is 0 Å². The molecule has 1 unspecified atom stereocenters. The topological polar surface area (TPSA) is 67.1 Å². The van der Waals surface area contributed by atoms with E-state index in [-0.39, 0.29) is 0 Å². The van der Waals surface area contributed by atoms with E-state index in [2.05, 4.69) is 20.2 Å². The third-order valence-corrected chi connectivity index (χ3v) is 3.62. The summed E-state index contributed by atoms with van der Waals surface area (Å²) in [6.07, 6.45) is 7.40. The lowest BCUT2D eigenvalue weighted by atomic mass is 10.1. The van der Waals surface area contributed by atoms with Crippen LogP contribution in [-0.4, -0.2) is 40.5 Å². The van der Waals surface area contributed by atoms with Crippen molar-refractivity contribution in [1.29, 1.82) is 0 Å². The van der Waals surface area contributed by atoms with Crippen LogP contribution in [0.2, 0.25) is 0 Å². The molecule has 5 heteroatoms. The third kappa shape index (κ3) is 2.66. The van der Waals surface area contributed by atoms with Gasteiger partial charge in [-0.15, -0.1) is 0 Å². The molecule has 1 saturated heterocycles. The van der Waals surface area contributed by atoms with Gasteiger partial charge in [-0.3, -0.25) is 0 Å². The molecule has 2 aliphatic rings. The fraction of sp³-hybridized carbons (Fsp3) is 0.667. The highest BCUT2D eigenvalue weighted by Gasteiger charge is 2.34. The Hall–Kier alpha value is -1.36. The number of anilines is 2. The number of nitrogen functional groups attached to an aromatic ring is 1. The number of aromatic nitrogens is 2. The summed E-state index contributed by atoms with van der Waals surface area (Å²) >= 11 is 0. The molecule has 0 bridgehead atoms. The third-order valence-electron chi connectivity index (χ3n) is 3.62. The van der Waals surface area contributed by atoms with E-state index in [0.29, 0.717) is 5.82 Å². The maximum absolute atomic E-state index is 5.50. The van der Waals surface area contributed by atoms with Gasteiger partial charge in [-0.2, -0.15) is 0 Å². The average Bonchev–Trinajstić information content (AvgIpc) is 3.09. The molecule has 0 radical (unpaired) electrons. The molecule has 0 spiro atoms. The van der Waals surface area contributed by atoms with Crippen molar-refractivity contribution in [2.75, 3.05) is 30.7 Å². The van der Waals surface area contributed by atoms with Gasteiger partial charge in [0.2, 0.25) is 0 Å². The molecular formula is C12H19N5. The maximum atomic E-state index is 5.50. The first kappa shape index (κ1) is 10.8. The average molecular weight is 233 g/mol. The molecule has 0 amide bonds. The summed E-state index contributed by atoms with van der Waals surface area (Å²) in [4.78, 5) is 10.8. The molecule has 1 saturated carbocycles. The first-order valence-electron chi connectivity index (χ1n) is 6.37. The summed E-state index contributed by atoms with van der Waals surface area (Å²) in [7, 11) is 0. The van der Waals surface area contributed by atoms with Gasteiger partial charge in [0.05, 0.1) is 12.4 Å². The molecule has 3 rings (SSSR count). The second-order valence-electron chi connectivity index (χ2n) is 5.09. The largest absolute Gasteiger partial charge is 0.382 e. The minimum absolute atomic E-state index is 0.469. The van der Waals surface area contributed by atoms with E-state index in [1.807, 2.05) is 0 Å². The van der Waals surface area contributed by atoms with E-state index in [0.717, 1.165) is 24.3 Å². The summed E-state index contributed by atoms with van der Waals surface area (Å²) in [5, 5.41) is 3.34. The van der Waals surface area contributed by atoms with E-state index in [9.17, 15) is 0 Å². The Morgan fingerprint density at radius 1 is 1.29 bits per heavy atom. The highest BCUT2D eigenvalue weighted by molar-refractivity contribution is 5.35. The number of hydrogen-bond acceptors (Lipinski definition) is 5. The number of nitrogens with zero attached hydrogens (tertiary/aromatic N) is 3. The van der Waals surface area contributed by atoms with Crippen molar-refractivity contribution in [3.63, 3.8) is 0 Å². The highest BCUT2D eigenvalue weighted by atomic mass is 15.2. The molecule has 2 heterocycles. The van der Waals surface area contributed by atoms with Gasteiger partial charge >= 0.3 is 0 Å². The normalized spacial score (nSPS) is 25.1. The lowest BCUT2D eigenvalue weighted by Crippen LogP contribution is -2.24. The monoisotopic (exact) mass is 233 g/mol. The van der Waals surface area contributed by atoms with Crippen LogP contribution in [0.4, 0.5) is 11.6 Å². The van der Waals surface area contributed by atoms with Gasteiger partial charge in [-0.05, 0) is 31.7 Å². The van der Waals surface area contributed by atoms with Crippen LogP contribution in [0.1, 0.15) is 19.3 Å². The zero-order valence-electron chi connectivity index (χ0n) is 9.97. The second kappa shape index (κ2) is 4.49. The van der Waals surface area contributed by atoms with E-state index in [1.165, 1.54) is 32.4 Å². The Bertz CT molecular complexity index is 373. The Labute approximate surface area is 101 Å². The van der Waals surface area contributed by atoms with E-state index >= 15 is 0 Å². The predicted molar refractivity (Wildman–Crippen MR) is 67.6 cm³/mol. The van der Waals surface area contributed by atoms with Crippen molar-refractivity contribution < 1.29 is 0 Å². The zero-order chi connectivity index (χ0) is 11.7. The van der Waals surface area contributed by atoms with Gasteiger partial charge in [0.1, 0.15) is 11.6 Å². The minimum atomic E-state index is 0.469. The van der Waals surface area contributed by atoms with Gasteiger partial charge in [-0.1, -0.05) is 0 Å². The number of likely N-dealkylation sites (tertiary alicyclic amines) is 1. The van der Waals surface area contributed by atoms with Crippen LogP contribution in [0.5, 0.6) is 0 Å². The Morgan fingerprint density at radius 3 is 2.88 bits per heavy atom. The predicted octanol–water partition coefficient (Wildman–Crippen LogP) is 0.955. The lowest BCUT2D eigenvalue weighted by Gasteiger charge is -2.15. The molecule has 0 aromatic carbocycles. The fourth-order valence-corrected chi connectivity index (χ4v) is 2.48. The second-order valence-corrected chi connectivity index (χ2v) is 5.09. The summed E-state index contributed by atoms with van der Waals surface area (Å²) in [6, 6.07) is 0.899. The zero-order valence-corrected chi connectivity index (χ0v) is 9.97. The van der Waals surface area contributed by atoms with Crippen LogP contribution in [-0.2, 0) is 0 Å². The highest BCUT2D eigenvalue weighted by Crippen LogP contribution is 2.31. The van der Waals surface area contributed by atoms with Gasteiger partial charge in [0.15, 0.2) is 0 Å². The van der Waals surface area contributed by atoms with Gasteiger partial charge < -0.3 is 16.0 Å². The smallest absolute Gasteiger partial charge is 0.144 e. The summed E-state index contributed by atoms with van der Waals surface area (Å²) in [6.45, 7) is 3.49. The number of rotatable bonds is 4. The van der Waals surface area contributed by atoms with Crippen molar-refractivity contribution in [1.82, 2.24) is 14.9 Å². The van der Waals surface area contributed by atoms with Crippen LogP contribution in [0.15, 0.2) is 12.4 Å². The quantitative estimate of drug-likeness (QED) is 0.810. The Balaban J connectivity index is 1.46. The van der Waals surface area contributed by atoms with Crippen LogP contribution in [0.25, 0.3) is 0 Å².